The van der Waals surface area contributed by atoms with Gasteiger partial charge in [-0.2, -0.15) is 0 Å². The SMILES string of the molecule is NC(=O)C(Cc1cnc[nH]1)NC(=O)CCC(=O)O. The molecule has 1 rings (SSSR count). The summed E-state index contributed by atoms with van der Waals surface area (Å²) in [5.74, 6) is -2.29. The highest BCUT2D eigenvalue weighted by atomic mass is 16.4. The molecule has 8 heteroatoms. The largest absolute Gasteiger partial charge is 0.481 e. The standard InChI is InChI=1S/C10H14N4O4/c11-10(18)7(3-6-4-12-5-13-6)14-8(15)1-2-9(16)17/h4-5,7H,1-3H2,(H2,11,18)(H,12,13)(H,14,15)(H,16,17). The molecule has 98 valence electrons. The van der Waals surface area contributed by atoms with E-state index in [1.165, 1.54) is 12.5 Å². The number of imidazole rings is 1. The lowest BCUT2D eigenvalue weighted by atomic mass is 10.1. The van der Waals surface area contributed by atoms with Crippen LogP contribution in [0.25, 0.3) is 0 Å². The second-order valence-electron chi connectivity index (χ2n) is 3.70. The number of hydrogen-bond acceptors (Lipinski definition) is 4. The average Bonchev–Trinajstić information content (AvgIpc) is 2.78. The molecule has 0 saturated carbocycles. The van der Waals surface area contributed by atoms with Gasteiger partial charge in [-0.25, -0.2) is 4.98 Å². The Labute approximate surface area is 103 Å². The van der Waals surface area contributed by atoms with E-state index < -0.39 is 23.8 Å². The quantitative estimate of drug-likeness (QED) is 0.483. The Morgan fingerprint density at radius 1 is 1.44 bits per heavy atom. The highest BCUT2D eigenvalue weighted by molar-refractivity contribution is 5.87. The first kappa shape index (κ1) is 13.7. The van der Waals surface area contributed by atoms with Crippen LogP contribution >= 0.6 is 0 Å². The number of carbonyl (C=O) groups excluding carboxylic acids is 2. The first-order valence-electron chi connectivity index (χ1n) is 5.26. The number of carbonyl (C=O) groups is 3. The van der Waals surface area contributed by atoms with Crippen LogP contribution in [0.5, 0.6) is 0 Å². The van der Waals surface area contributed by atoms with Gasteiger partial charge < -0.3 is 21.1 Å². The normalized spacial score (nSPS) is 11.8. The van der Waals surface area contributed by atoms with Crippen LogP contribution in [0.4, 0.5) is 0 Å². The predicted octanol–water partition coefficient (Wildman–Crippen LogP) is -1.21. The number of carboxylic acid groups (broad SMARTS) is 1. The molecule has 1 atom stereocenters. The average molecular weight is 254 g/mol. The molecule has 18 heavy (non-hydrogen) atoms. The summed E-state index contributed by atoms with van der Waals surface area (Å²) in [4.78, 5) is 39.4. The summed E-state index contributed by atoms with van der Waals surface area (Å²) in [7, 11) is 0. The summed E-state index contributed by atoms with van der Waals surface area (Å²) in [5, 5.41) is 10.8. The maximum Gasteiger partial charge on any atom is 0.303 e. The van der Waals surface area contributed by atoms with Crippen molar-refractivity contribution in [2.24, 2.45) is 5.73 Å². The zero-order chi connectivity index (χ0) is 13.5. The van der Waals surface area contributed by atoms with E-state index in [1.54, 1.807) is 0 Å². The van der Waals surface area contributed by atoms with Gasteiger partial charge in [0.15, 0.2) is 0 Å². The van der Waals surface area contributed by atoms with Crippen LogP contribution in [-0.2, 0) is 20.8 Å². The number of aliphatic carboxylic acids is 1. The van der Waals surface area contributed by atoms with Gasteiger partial charge in [-0.1, -0.05) is 0 Å². The molecule has 0 radical (unpaired) electrons. The molecular weight excluding hydrogens is 240 g/mol. The van der Waals surface area contributed by atoms with Crippen LogP contribution in [0.2, 0.25) is 0 Å². The molecule has 5 N–H and O–H groups in total. The van der Waals surface area contributed by atoms with E-state index >= 15 is 0 Å². The zero-order valence-corrected chi connectivity index (χ0v) is 9.55. The lowest BCUT2D eigenvalue weighted by molar-refractivity contribution is -0.139. The number of nitrogens with one attached hydrogen (secondary N) is 2. The Morgan fingerprint density at radius 2 is 2.17 bits per heavy atom. The van der Waals surface area contributed by atoms with Gasteiger partial charge in [0, 0.05) is 24.7 Å². The molecule has 1 aromatic rings. The van der Waals surface area contributed by atoms with Crippen LogP contribution in [0.1, 0.15) is 18.5 Å². The third-order valence-electron chi connectivity index (χ3n) is 2.22. The van der Waals surface area contributed by atoms with Crippen molar-refractivity contribution in [3.63, 3.8) is 0 Å². The summed E-state index contributed by atoms with van der Waals surface area (Å²) in [6.07, 6.45) is 2.66. The number of primary amides is 1. The second kappa shape index (κ2) is 6.38. The summed E-state index contributed by atoms with van der Waals surface area (Å²) in [6.45, 7) is 0. The van der Waals surface area contributed by atoms with E-state index in [0.29, 0.717) is 5.69 Å². The molecule has 0 spiro atoms. The number of aromatic nitrogens is 2. The van der Waals surface area contributed by atoms with Gasteiger partial charge in [-0.3, -0.25) is 14.4 Å². The van der Waals surface area contributed by atoms with Gasteiger partial charge in [-0.05, 0) is 0 Å². The summed E-state index contributed by atoms with van der Waals surface area (Å²) < 4.78 is 0. The third-order valence-corrected chi connectivity index (χ3v) is 2.22. The molecule has 0 bridgehead atoms. The van der Waals surface area contributed by atoms with Crippen molar-refractivity contribution >= 4 is 17.8 Å². The molecule has 0 fully saturated rings. The minimum absolute atomic E-state index is 0.189. The van der Waals surface area contributed by atoms with Crippen molar-refractivity contribution in [2.45, 2.75) is 25.3 Å². The number of amides is 2. The summed E-state index contributed by atoms with van der Waals surface area (Å²) in [6, 6.07) is -0.883. The number of hydrogen-bond donors (Lipinski definition) is 4. The monoisotopic (exact) mass is 254 g/mol. The van der Waals surface area contributed by atoms with E-state index in [1.807, 2.05) is 0 Å². The van der Waals surface area contributed by atoms with Crippen molar-refractivity contribution in [1.82, 2.24) is 15.3 Å². The van der Waals surface area contributed by atoms with Crippen molar-refractivity contribution in [1.29, 1.82) is 0 Å². The van der Waals surface area contributed by atoms with E-state index in [0.717, 1.165) is 0 Å². The Kier molecular flexibility index (Phi) is 4.85. The predicted molar refractivity (Wildman–Crippen MR) is 60.3 cm³/mol. The van der Waals surface area contributed by atoms with Gasteiger partial charge >= 0.3 is 5.97 Å². The molecule has 0 saturated heterocycles. The Hall–Kier alpha value is -2.38. The number of H-pyrrole nitrogens is 1. The molecule has 0 aliphatic heterocycles. The molecule has 8 nitrogen and oxygen atoms in total. The van der Waals surface area contributed by atoms with E-state index in [-0.39, 0.29) is 19.3 Å². The van der Waals surface area contributed by atoms with Gasteiger partial charge in [0.1, 0.15) is 6.04 Å². The molecular formula is C10H14N4O4. The number of nitrogens with two attached hydrogens (primary N) is 1. The van der Waals surface area contributed by atoms with Crippen molar-refractivity contribution < 1.29 is 19.5 Å². The van der Waals surface area contributed by atoms with E-state index in [9.17, 15) is 14.4 Å². The topological polar surface area (TPSA) is 138 Å². The van der Waals surface area contributed by atoms with Crippen LogP contribution < -0.4 is 11.1 Å². The zero-order valence-electron chi connectivity index (χ0n) is 9.55. The van der Waals surface area contributed by atoms with Crippen LogP contribution in [0.15, 0.2) is 12.5 Å². The fourth-order valence-corrected chi connectivity index (χ4v) is 1.33. The smallest absolute Gasteiger partial charge is 0.303 e. The minimum Gasteiger partial charge on any atom is -0.481 e. The molecule has 0 aliphatic rings. The van der Waals surface area contributed by atoms with Gasteiger partial charge in [0.25, 0.3) is 0 Å². The van der Waals surface area contributed by atoms with E-state index in [2.05, 4.69) is 15.3 Å². The lowest BCUT2D eigenvalue weighted by Gasteiger charge is -2.14. The van der Waals surface area contributed by atoms with E-state index in [4.69, 9.17) is 10.8 Å². The fraction of sp³-hybridized carbons (Fsp3) is 0.400. The van der Waals surface area contributed by atoms with Crippen molar-refractivity contribution in [3.8, 4) is 0 Å². The first-order chi connectivity index (χ1) is 8.49. The second-order valence-corrected chi connectivity index (χ2v) is 3.70. The van der Waals surface area contributed by atoms with Crippen LogP contribution in [0, 0.1) is 0 Å². The molecule has 1 unspecified atom stereocenters. The number of aromatic amines is 1. The number of carboxylic acids is 1. The number of rotatable bonds is 7. The minimum atomic E-state index is -1.07. The lowest BCUT2D eigenvalue weighted by Crippen LogP contribution is -2.46. The van der Waals surface area contributed by atoms with Crippen molar-refractivity contribution in [2.75, 3.05) is 0 Å². The summed E-state index contributed by atoms with van der Waals surface area (Å²) in [5.41, 5.74) is 5.80. The Bertz CT molecular complexity index is 429. The molecule has 0 aromatic carbocycles. The highest BCUT2D eigenvalue weighted by Crippen LogP contribution is 1.99. The molecule has 2 amide bonds. The fourth-order valence-electron chi connectivity index (χ4n) is 1.33. The first-order valence-corrected chi connectivity index (χ1v) is 5.26. The Balaban J connectivity index is 2.50. The van der Waals surface area contributed by atoms with Gasteiger partial charge in [0.2, 0.25) is 11.8 Å². The Morgan fingerprint density at radius 3 is 2.67 bits per heavy atom. The summed E-state index contributed by atoms with van der Waals surface area (Å²) >= 11 is 0. The third kappa shape index (κ3) is 4.64. The maximum absolute atomic E-state index is 11.4. The molecule has 1 aromatic heterocycles. The van der Waals surface area contributed by atoms with Crippen molar-refractivity contribution in [3.05, 3.63) is 18.2 Å². The maximum atomic E-state index is 11.4. The van der Waals surface area contributed by atoms with Gasteiger partial charge in [-0.15, -0.1) is 0 Å². The highest BCUT2D eigenvalue weighted by Gasteiger charge is 2.19. The molecule has 1 heterocycles. The molecule has 0 aliphatic carbocycles. The van der Waals surface area contributed by atoms with Crippen LogP contribution in [0.3, 0.4) is 0 Å². The number of nitrogens with zero attached hydrogens (tertiary/aromatic N) is 1. The van der Waals surface area contributed by atoms with Gasteiger partial charge in [0.05, 0.1) is 12.7 Å². The van der Waals surface area contributed by atoms with Crippen LogP contribution in [-0.4, -0.2) is 38.9 Å².